The van der Waals surface area contributed by atoms with Gasteiger partial charge in [-0.25, -0.2) is 8.42 Å². The number of piperidine rings is 1. The Morgan fingerprint density at radius 3 is 2.45 bits per heavy atom. The summed E-state index contributed by atoms with van der Waals surface area (Å²) in [6, 6.07) is 13.5. The van der Waals surface area contributed by atoms with Crippen LogP contribution in [0.3, 0.4) is 0 Å². The van der Waals surface area contributed by atoms with Crippen LogP contribution in [0.2, 0.25) is 0 Å². The molecule has 0 aliphatic carbocycles. The first-order chi connectivity index (χ1) is 13.8. The van der Waals surface area contributed by atoms with Crippen molar-refractivity contribution < 1.29 is 12.9 Å². The van der Waals surface area contributed by atoms with E-state index in [1.807, 2.05) is 57.2 Å². The van der Waals surface area contributed by atoms with Crippen LogP contribution in [0.1, 0.15) is 41.3 Å². The van der Waals surface area contributed by atoms with Gasteiger partial charge in [0.15, 0.2) is 5.82 Å². The molecule has 0 N–H and O–H groups in total. The van der Waals surface area contributed by atoms with E-state index in [0.29, 0.717) is 42.5 Å². The second kappa shape index (κ2) is 7.72. The van der Waals surface area contributed by atoms with Crippen LogP contribution in [0.5, 0.6) is 0 Å². The molecule has 2 aromatic carbocycles. The fourth-order valence-electron chi connectivity index (χ4n) is 3.77. The number of rotatable bonds is 4. The lowest BCUT2D eigenvalue weighted by Gasteiger charge is -2.30. The van der Waals surface area contributed by atoms with Gasteiger partial charge >= 0.3 is 0 Å². The topological polar surface area (TPSA) is 76.3 Å². The van der Waals surface area contributed by atoms with Gasteiger partial charge in [0.05, 0.1) is 4.90 Å². The second-order valence-electron chi connectivity index (χ2n) is 7.77. The predicted molar refractivity (Wildman–Crippen MR) is 111 cm³/mol. The summed E-state index contributed by atoms with van der Waals surface area (Å²) in [6.07, 6.45) is 1.35. The van der Waals surface area contributed by atoms with Crippen molar-refractivity contribution >= 4 is 10.0 Å². The number of aryl methyl sites for hydroxylation is 3. The molecular weight excluding hydrogens is 386 g/mol. The van der Waals surface area contributed by atoms with Gasteiger partial charge in [0, 0.05) is 24.6 Å². The second-order valence-corrected chi connectivity index (χ2v) is 9.68. The summed E-state index contributed by atoms with van der Waals surface area (Å²) in [7, 11) is -3.49. The molecule has 1 saturated heterocycles. The van der Waals surface area contributed by atoms with E-state index in [-0.39, 0.29) is 5.92 Å². The van der Waals surface area contributed by atoms with Gasteiger partial charge in [-0.05, 0) is 62.9 Å². The van der Waals surface area contributed by atoms with Crippen LogP contribution in [-0.2, 0) is 10.0 Å². The maximum absolute atomic E-state index is 13.1. The first-order valence-corrected chi connectivity index (χ1v) is 11.3. The summed E-state index contributed by atoms with van der Waals surface area (Å²) in [5.41, 5.74) is 3.75. The lowest BCUT2D eigenvalue weighted by atomic mass is 9.97. The Morgan fingerprint density at radius 2 is 1.72 bits per heavy atom. The molecule has 152 valence electrons. The molecule has 3 aromatic rings. The van der Waals surface area contributed by atoms with Gasteiger partial charge in [-0.2, -0.15) is 9.29 Å². The van der Waals surface area contributed by atoms with E-state index in [1.54, 1.807) is 10.4 Å². The number of hydrogen-bond donors (Lipinski definition) is 0. The van der Waals surface area contributed by atoms with Crippen molar-refractivity contribution in [2.75, 3.05) is 13.1 Å². The number of benzene rings is 2. The summed E-state index contributed by atoms with van der Waals surface area (Å²) >= 11 is 0. The van der Waals surface area contributed by atoms with E-state index in [9.17, 15) is 8.42 Å². The molecular formula is C22H25N3O3S. The Morgan fingerprint density at radius 1 is 1.00 bits per heavy atom. The van der Waals surface area contributed by atoms with Crippen LogP contribution in [0.25, 0.3) is 11.5 Å². The summed E-state index contributed by atoms with van der Waals surface area (Å²) in [6.45, 7) is 6.67. The molecule has 0 radical (unpaired) electrons. The smallest absolute Gasteiger partial charge is 0.257 e. The van der Waals surface area contributed by atoms with Crippen LogP contribution in [0.4, 0.5) is 0 Å². The molecule has 0 amide bonds. The molecule has 1 aromatic heterocycles. The summed E-state index contributed by atoms with van der Waals surface area (Å²) in [5.74, 6) is 1.27. The molecule has 7 heteroatoms. The first kappa shape index (κ1) is 19.8. The number of sulfonamides is 1. The van der Waals surface area contributed by atoms with Crippen molar-refractivity contribution in [1.29, 1.82) is 0 Å². The molecule has 0 bridgehead atoms. The quantitative estimate of drug-likeness (QED) is 0.642. The zero-order chi connectivity index (χ0) is 20.6. The van der Waals surface area contributed by atoms with Crippen molar-refractivity contribution in [3.63, 3.8) is 0 Å². The van der Waals surface area contributed by atoms with Crippen LogP contribution < -0.4 is 0 Å². The lowest BCUT2D eigenvalue weighted by molar-refractivity contribution is 0.307. The molecule has 0 atom stereocenters. The van der Waals surface area contributed by atoms with Gasteiger partial charge in [0.1, 0.15) is 0 Å². The van der Waals surface area contributed by atoms with E-state index < -0.39 is 10.0 Å². The zero-order valence-electron chi connectivity index (χ0n) is 16.9. The highest BCUT2D eigenvalue weighted by Gasteiger charge is 2.32. The molecule has 29 heavy (non-hydrogen) atoms. The number of nitrogens with zero attached hydrogens (tertiary/aromatic N) is 3. The van der Waals surface area contributed by atoms with E-state index in [2.05, 4.69) is 10.1 Å². The minimum atomic E-state index is -3.49. The van der Waals surface area contributed by atoms with Crippen LogP contribution in [-0.4, -0.2) is 36.0 Å². The Kier molecular flexibility index (Phi) is 5.27. The molecule has 1 aliphatic rings. The number of hydrogen-bond acceptors (Lipinski definition) is 5. The normalized spacial score (nSPS) is 16.2. The van der Waals surface area contributed by atoms with E-state index >= 15 is 0 Å². The maximum Gasteiger partial charge on any atom is 0.257 e. The summed E-state index contributed by atoms with van der Waals surface area (Å²) in [5, 5.41) is 4.16. The van der Waals surface area contributed by atoms with Crippen molar-refractivity contribution in [3.05, 3.63) is 65.0 Å². The molecule has 2 heterocycles. The average molecular weight is 412 g/mol. The van der Waals surface area contributed by atoms with Crippen LogP contribution in [0, 0.1) is 20.8 Å². The monoisotopic (exact) mass is 411 g/mol. The van der Waals surface area contributed by atoms with Crippen molar-refractivity contribution in [2.45, 2.75) is 44.4 Å². The Bertz CT molecular complexity index is 1130. The standard InChI is InChI=1S/C22H25N3O3S/c1-15-5-4-6-19(13-15)22-23-21(24-28-22)18-9-11-25(12-10-18)29(26,27)20-14-16(2)7-8-17(20)3/h4-8,13-14,18H,9-12H2,1-3H3. The fourth-order valence-corrected chi connectivity index (χ4v) is 5.55. The van der Waals surface area contributed by atoms with Gasteiger partial charge in [-0.15, -0.1) is 0 Å². The summed E-state index contributed by atoms with van der Waals surface area (Å²) < 4.78 is 33.2. The molecule has 0 spiro atoms. The van der Waals surface area contributed by atoms with Gasteiger partial charge in [-0.1, -0.05) is 35.0 Å². The average Bonchev–Trinajstić information content (AvgIpc) is 3.20. The van der Waals surface area contributed by atoms with Gasteiger partial charge < -0.3 is 4.52 Å². The van der Waals surface area contributed by atoms with Crippen molar-refractivity contribution in [3.8, 4) is 11.5 Å². The van der Waals surface area contributed by atoms with Crippen molar-refractivity contribution in [1.82, 2.24) is 14.4 Å². The lowest BCUT2D eigenvalue weighted by Crippen LogP contribution is -2.38. The van der Waals surface area contributed by atoms with Crippen LogP contribution >= 0.6 is 0 Å². The first-order valence-electron chi connectivity index (χ1n) is 9.82. The SMILES string of the molecule is Cc1cccc(-c2nc(C3CCN(S(=O)(=O)c4cc(C)ccc4C)CC3)no2)c1. The minimum Gasteiger partial charge on any atom is -0.334 e. The maximum atomic E-state index is 13.1. The van der Waals surface area contributed by atoms with Gasteiger partial charge in [0.25, 0.3) is 5.89 Å². The largest absolute Gasteiger partial charge is 0.334 e. The Labute approximate surface area is 171 Å². The van der Waals surface area contributed by atoms with E-state index in [0.717, 1.165) is 22.3 Å². The van der Waals surface area contributed by atoms with E-state index in [1.165, 1.54) is 0 Å². The van der Waals surface area contributed by atoms with Crippen molar-refractivity contribution in [2.24, 2.45) is 0 Å². The van der Waals surface area contributed by atoms with E-state index in [4.69, 9.17) is 4.52 Å². The fraction of sp³-hybridized carbons (Fsp3) is 0.364. The Balaban J connectivity index is 1.48. The summed E-state index contributed by atoms with van der Waals surface area (Å²) in [4.78, 5) is 4.97. The predicted octanol–water partition coefficient (Wildman–Crippen LogP) is 4.23. The molecule has 6 nitrogen and oxygen atoms in total. The highest BCUT2D eigenvalue weighted by atomic mass is 32.2. The highest BCUT2D eigenvalue weighted by molar-refractivity contribution is 7.89. The molecule has 0 unspecified atom stereocenters. The Hall–Kier alpha value is -2.51. The zero-order valence-corrected chi connectivity index (χ0v) is 17.7. The minimum absolute atomic E-state index is 0.0994. The van der Waals surface area contributed by atoms with Gasteiger partial charge in [-0.3, -0.25) is 0 Å². The third-order valence-electron chi connectivity index (χ3n) is 5.49. The molecule has 1 fully saturated rings. The molecule has 4 rings (SSSR count). The molecule has 1 aliphatic heterocycles. The number of aromatic nitrogens is 2. The van der Waals surface area contributed by atoms with Crippen LogP contribution in [0.15, 0.2) is 51.9 Å². The van der Waals surface area contributed by atoms with Gasteiger partial charge in [0.2, 0.25) is 10.0 Å². The molecule has 0 saturated carbocycles. The third kappa shape index (κ3) is 3.97. The highest BCUT2D eigenvalue weighted by Crippen LogP contribution is 2.31. The third-order valence-corrected chi connectivity index (χ3v) is 7.53.